The third kappa shape index (κ3) is 25.0. The summed E-state index contributed by atoms with van der Waals surface area (Å²) in [6.45, 7) is 13.7. The predicted octanol–water partition coefficient (Wildman–Crippen LogP) is 3.17. The van der Waals surface area contributed by atoms with Crippen LogP contribution in [0, 0.1) is 0 Å². The maximum atomic E-state index is 11.4. The summed E-state index contributed by atoms with van der Waals surface area (Å²) >= 11 is 0. The Labute approximate surface area is 176 Å². The third-order valence-corrected chi connectivity index (χ3v) is 3.54. The lowest BCUT2D eigenvalue weighted by atomic mass is 10.2. The minimum atomic E-state index is -0.491. The molecular weight excluding hydrogens is 378 g/mol. The number of amides is 1. The zero-order valence-electron chi connectivity index (χ0n) is 19.0. The van der Waals surface area contributed by atoms with Crippen molar-refractivity contribution in [3.8, 4) is 0 Å². The van der Waals surface area contributed by atoms with Gasteiger partial charge in [-0.05, 0) is 27.2 Å². The fraction of sp³-hybridized carbons (Fsp3) is 0.952. The highest BCUT2D eigenvalue weighted by Crippen LogP contribution is 2.06. The van der Waals surface area contributed by atoms with Crippen molar-refractivity contribution < 1.29 is 33.2 Å². The Kier molecular flexibility index (Phi) is 19.7. The van der Waals surface area contributed by atoms with Crippen LogP contribution in [-0.4, -0.2) is 84.3 Å². The number of carbonyl (C=O) groups is 1. The highest BCUT2D eigenvalue weighted by molar-refractivity contribution is 5.67. The molecule has 0 spiro atoms. The number of carbonyl (C=O) groups excluding carboxylic acids is 1. The number of ether oxygens (including phenoxy) is 6. The van der Waals surface area contributed by atoms with Crippen LogP contribution in [0.25, 0.3) is 0 Å². The highest BCUT2D eigenvalue weighted by Gasteiger charge is 2.15. The van der Waals surface area contributed by atoms with E-state index in [1.165, 1.54) is 19.3 Å². The molecule has 0 saturated carbocycles. The zero-order chi connectivity index (χ0) is 21.6. The standard InChI is InChI=1S/C21H43NO7/c1-5-6-7-8-10-24-12-14-26-16-18-28-19-17-27-15-13-25-11-9-22-20(23)29-21(2,3)4/h5-19H2,1-4H3,(H,22,23). The Morgan fingerprint density at radius 1 is 0.655 bits per heavy atom. The molecule has 0 atom stereocenters. The molecule has 1 N–H and O–H groups in total. The summed E-state index contributed by atoms with van der Waals surface area (Å²) in [6, 6.07) is 0. The first kappa shape index (κ1) is 28.1. The summed E-state index contributed by atoms with van der Waals surface area (Å²) in [5.74, 6) is 0. The summed E-state index contributed by atoms with van der Waals surface area (Å²) in [4.78, 5) is 11.4. The molecule has 29 heavy (non-hydrogen) atoms. The Bertz CT molecular complexity index is 361. The molecule has 0 aromatic carbocycles. The van der Waals surface area contributed by atoms with E-state index in [1.54, 1.807) is 0 Å². The first-order chi connectivity index (χ1) is 14.0. The van der Waals surface area contributed by atoms with Crippen LogP contribution in [0.15, 0.2) is 0 Å². The molecule has 0 bridgehead atoms. The summed E-state index contributed by atoms with van der Waals surface area (Å²) < 4.78 is 32.2. The molecule has 8 nitrogen and oxygen atoms in total. The summed E-state index contributed by atoms with van der Waals surface area (Å²) in [5.41, 5.74) is -0.491. The molecule has 0 radical (unpaired) electrons. The Morgan fingerprint density at radius 2 is 1.10 bits per heavy atom. The fourth-order valence-corrected chi connectivity index (χ4v) is 2.15. The Hall–Kier alpha value is -0.930. The molecule has 0 aliphatic carbocycles. The predicted molar refractivity (Wildman–Crippen MR) is 112 cm³/mol. The average Bonchev–Trinajstić information content (AvgIpc) is 2.65. The molecule has 174 valence electrons. The lowest BCUT2D eigenvalue weighted by molar-refractivity contribution is -0.0111. The van der Waals surface area contributed by atoms with Gasteiger partial charge in [0.1, 0.15) is 5.60 Å². The zero-order valence-corrected chi connectivity index (χ0v) is 19.0. The average molecular weight is 422 g/mol. The van der Waals surface area contributed by atoms with Crippen LogP contribution in [0.3, 0.4) is 0 Å². The van der Waals surface area contributed by atoms with Crippen molar-refractivity contribution in [2.24, 2.45) is 0 Å². The van der Waals surface area contributed by atoms with Crippen LogP contribution in [0.1, 0.15) is 53.4 Å². The Balaban J connectivity index is 3.11. The lowest BCUT2D eigenvalue weighted by Gasteiger charge is -2.19. The van der Waals surface area contributed by atoms with Gasteiger partial charge in [-0.25, -0.2) is 4.79 Å². The fourth-order valence-electron chi connectivity index (χ4n) is 2.15. The maximum absolute atomic E-state index is 11.4. The van der Waals surface area contributed by atoms with Gasteiger partial charge in [-0.1, -0.05) is 26.2 Å². The molecule has 0 rings (SSSR count). The normalized spacial score (nSPS) is 11.6. The largest absolute Gasteiger partial charge is 0.444 e. The van der Waals surface area contributed by atoms with E-state index >= 15 is 0 Å². The van der Waals surface area contributed by atoms with Gasteiger partial charge in [0.15, 0.2) is 0 Å². The van der Waals surface area contributed by atoms with E-state index in [0.29, 0.717) is 66.0 Å². The molecule has 0 aliphatic heterocycles. The number of alkyl carbamates (subject to hydrolysis) is 1. The van der Waals surface area contributed by atoms with Gasteiger partial charge in [-0.3, -0.25) is 0 Å². The van der Waals surface area contributed by atoms with Gasteiger partial charge < -0.3 is 33.7 Å². The van der Waals surface area contributed by atoms with Crippen LogP contribution >= 0.6 is 0 Å². The van der Waals surface area contributed by atoms with Crippen LogP contribution in [-0.2, 0) is 28.4 Å². The highest BCUT2D eigenvalue weighted by atomic mass is 16.6. The van der Waals surface area contributed by atoms with Gasteiger partial charge in [0.05, 0.1) is 59.5 Å². The maximum Gasteiger partial charge on any atom is 0.407 e. The van der Waals surface area contributed by atoms with Gasteiger partial charge >= 0.3 is 6.09 Å². The molecule has 0 aliphatic rings. The summed E-state index contributed by atoms with van der Waals surface area (Å²) in [6.07, 6.45) is 4.46. The second-order valence-electron chi connectivity index (χ2n) is 7.55. The number of rotatable bonds is 20. The van der Waals surface area contributed by atoms with Crippen LogP contribution in [0.5, 0.6) is 0 Å². The number of nitrogens with one attached hydrogen (secondary N) is 1. The van der Waals surface area contributed by atoms with Gasteiger partial charge in [-0.2, -0.15) is 0 Å². The SMILES string of the molecule is CCCCCCOCCOCCOCCOCCOCCNC(=O)OC(C)(C)C. The van der Waals surface area contributed by atoms with Crippen LogP contribution < -0.4 is 5.32 Å². The van der Waals surface area contributed by atoms with Gasteiger partial charge in [0.2, 0.25) is 0 Å². The van der Waals surface area contributed by atoms with Gasteiger partial charge in [0, 0.05) is 13.2 Å². The number of unbranched alkanes of at least 4 members (excludes halogenated alkanes) is 3. The first-order valence-corrected chi connectivity index (χ1v) is 10.8. The number of hydrogen-bond donors (Lipinski definition) is 1. The van der Waals surface area contributed by atoms with Crippen molar-refractivity contribution in [1.82, 2.24) is 5.32 Å². The van der Waals surface area contributed by atoms with Crippen molar-refractivity contribution in [2.45, 2.75) is 59.0 Å². The van der Waals surface area contributed by atoms with Crippen molar-refractivity contribution in [3.05, 3.63) is 0 Å². The van der Waals surface area contributed by atoms with E-state index in [9.17, 15) is 4.79 Å². The first-order valence-electron chi connectivity index (χ1n) is 10.8. The number of hydrogen-bond acceptors (Lipinski definition) is 7. The lowest BCUT2D eigenvalue weighted by Crippen LogP contribution is -2.34. The Morgan fingerprint density at radius 3 is 1.55 bits per heavy atom. The summed E-state index contributed by atoms with van der Waals surface area (Å²) in [7, 11) is 0. The topological polar surface area (TPSA) is 84.5 Å². The van der Waals surface area contributed by atoms with Crippen molar-refractivity contribution in [3.63, 3.8) is 0 Å². The molecule has 0 fully saturated rings. The molecule has 0 unspecified atom stereocenters. The molecular formula is C21H43NO7. The molecule has 8 heteroatoms. The second kappa shape index (κ2) is 20.3. The van der Waals surface area contributed by atoms with E-state index in [4.69, 9.17) is 28.4 Å². The van der Waals surface area contributed by atoms with Crippen LogP contribution in [0.2, 0.25) is 0 Å². The van der Waals surface area contributed by atoms with E-state index < -0.39 is 11.7 Å². The minimum Gasteiger partial charge on any atom is -0.444 e. The van der Waals surface area contributed by atoms with Gasteiger partial charge in [0.25, 0.3) is 0 Å². The van der Waals surface area contributed by atoms with E-state index in [0.717, 1.165) is 13.0 Å². The van der Waals surface area contributed by atoms with E-state index in [1.807, 2.05) is 20.8 Å². The van der Waals surface area contributed by atoms with E-state index in [-0.39, 0.29) is 0 Å². The summed E-state index contributed by atoms with van der Waals surface area (Å²) in [5, 5.41) is 2.63. The van der Waals surface area contributed by atoms with Crippen molar-refractivity contribution >= 4 is 6.09 Å². The smallest absolute Gasteiger partial charge is 0.407 e. The van der Waals surface area contributed by atoms with Crippen molar-refractivity contribution in [2.75, 3.05) is 72.6 Å². The van der Waals surface area contributed by atoms with Crippen LogP contribution in [0.4, 0.5) is 4.79 Å². The van der Waals surface area contributed by atoms with Gasteiger partial charge in [-0.15, -0.1) is 0 Å². The quantitative estimate of drug-likeness (QED) is 0.302. The minimum absolute atomic E-state index is 0.405. The molecule has 0 aromatic rings. The molecule has 1 amide bonds. The molecule has 0 aromatic heterocycles. The van der Waals surface area contributed by atoms with Crippen molar-refractivity contribution in [1.29, 1.82) is 0 Å². The molecule has 0 saturated heterocycles. The third-order valence-electron chi connectivity index (χ3n) is 3.54. The second-order valence-corrected chi connectivity index (χ2v) is 7.55. The monoisotopic (exact) mass is 421 g/mol. The van der Waals surface area contributed by atoms with E-state index in [2.05, 4.69) is 12.2 Å². The molecule has 0 heterocycles.